The van der Waals surface area contributed by atoms with Gasteiger partial charge < -0.3 is 15.8 Å². The van der Waals surface area contributed by atoms with E-state index in [1.807, 2.05) is 19.0 Å². The molecule has 0 saturated carbocycles. The summed E-state index contributed by atoms with van der Waals surface area (Å²) in [6.07, 6.45) is 0. The topological polar surface area (TPSA) is 61.8 Å². The van der Waals surface area contributed by atoms with E-state index in [2.05, 4.69) is 5.16 Å². The Hall–Kier alpha value is -0.770. The average Bonchev–Trinajstić information content (AvgIpc) is 1.65. The molecule has 4 nitrogen and oxygen atoms in total. The summed E-state index contributed by atoms with van der Waals surface area (Å²) in [4.78, 5) is 1.81. The highest BCUT2D eigenvalue weighted by Gasteiger charge is 1.91. The lowest BCUT2D eigenvalue weighted by molar-refractivity contribution is 0.313. The van der Waals surface area contributed by atoms with E-state index in [1.165, 1.54) is 0 Å². The lowest BCUT2D eigenvalue weighted by atomic mass is 10.6. The third kappa shape index (κ3) is 3.42. The zero-order chi connectivity index (χ0) is 6.57. The van der Waals surface area contributed by atoms with Gasteiger partial charge in [0, 0.05) is 0 Å². The Kier molecular flexibility index (Phi) is 2.95. The van der Waals surface area contributed by atoms with Gasteiger partial charge in [-0.3, -0.25) is 0 Å². The first-order valence-corrected chi connectivity index (χ1v) is 2.28. The number of oxime groups is 1. The molecule has 0 rings (SSSR count). The molecule has 0 aromatic heterocycles. The van der Waals surface area contributed by atoms with E-state index < -0.39 is 0 Å². The standard InChI is InChI=1S/C4H11N3O/c1-7(2)3-4(5)6-8/h8H,3H2,1-2H3,(H2,5,6). The normalized spacial score (nSPS) is 12.6. The van der Waals surface area contributed by atoms with Crippen LogP contribution in [0.2, 0.25) is 0 Å². The van der Waals surface area contributed by atoms with Crippen molar-refractivity contribution in [1.29, 1.82) is 0 Å². The van der Waals surface area contributed by atoms with Crippen molar-refractivity contribution in [3.8, 4) is 0 Å². The zero-order valence-corrected chi connectivity index (χ0v) is 5.13. The molecule has 0 aliphatic rings. The number of hydrogen-bond acceptors (Lipinski definition) is 3. The Balaban J connectivity index is 3.39. The quantitative estimate of drug-likeness (QED) is 0.217. The van der Waals surface area contributed by atoms with Crippen LogP contribution in [-0.4, -0.2) is 36.6 Å². The van der Waals surface area contributed by atoms with Gasteiger partial charge >= 0.3 is 0 Å². The minimum absolute atomic E-state index is 0.231. The van der Waals surface area contributed by atoms with Crippen LogP contribution in [0.25, 0.3) is 0 Å². The summed E-state index contributed by atoms with van der Waals surface area (Å²) in [5.41, 5.74) is 5.13. The molecule has 48 valence electrons. The van der Waals surface area contributed by atoms with Gasteiger partial charge in [-0.15, -0.1) is 0 Å². The zero-order valence-electron chi connectivity index (χ0n) is 5.13. The molecule has 0 aromatic carbocycles. The fourth-order valence-corrected chi connectivity index (χ4v) is 0.356. The first-order chi connectivity index (χ1) is 3.66. The molecule has 3 N–H and O–H groups in total. The number of nitrogens with two attached hydrogens (primary N) is 1. The van der Waals surface area contributed by atoms with Gasteiger partial charge in [0.05, 0.1) is 6.54 Å². The highest BCUT2D eigenvalue weighted by molar-refractivity contribution is 5.81. The van der Waals surface area contributed by atoms with Crippen LogP contribution in [0.5, 0.6) is 0 Å². The lowest BCUT2D eigenvalue weighted by Crippen LogP contribution is -2.27. The molecule has 0 aliphatic heterocycles. The van der Waals surface area contributed by atoms with Crippen molar-refractivity contribution in [1.82, 2.24) is 4.90 Å². The van der Waals surface area contributed by atoms with Crippen LogP contribution in [0, 0.1) is 0 Å². The van der Waals surface area contributed by atoms with Crippen LogP contribution < -0.4 is 5.73 Å². The van der Waals surface area contributed by atoms with Gasteiger partial charge in [-0.25, -0.2) is 0 Å². The van der Waals surface area contributed by atoms with E-state index in [0.717, 1.165) is 0 Å². The van der Waals surface area contributed by atoms with E-state index in [4.69, 9.17) is 10.9 Å². The molecule has 8 heavy (non-hydrogen) atoms. The minimum atomic E-state index is 0.231. The third-order valence-corrected chi connectivity index (χ3v) is 0.607. The fraction of sp³-hybridized carbons (Fsp3) is 0.750. The van der Waals surface area contributed by atoms with Crippen molar-refractivity contribution in [2.24, 2.45) is 10.9 Å². The van der Waals surface area contributed by atoms with Crippen LogP contribution in [0.15, 0.2) is 5.16 Å². The predicted octanol–water partition coefficient (Wildman–Crippen LogP) is -0.706. The fourth-order valence-electron chi connectivity index (χ4n) is 0.356. The highest BCUT2D eigenvalue weighted by Crippen LogP contribution is 1.71. The van der Waals surface area contributed by atoms with Crippen LogP contribution >= 0.6 is 0 Å². The summed E-state index contributed by atoms with van der Waals surface area (Å²) in [7, 11) is 3.69. The van der Waals surface area contributed by atoms with Gasteiger partial charge in [0.1, 0.15) is 0 Å². The van der Waals surface area contributed by atoms with Crippen molar-refractivity contribution in [3.05, 3.63) is 0 Å². The second kappa shape index (κ2) is 3.26. The number of likely N-dealkylation sites (N-methyl/N-ethyl adjacent to an activating group) is 1. The number of amidine groups is 1. The van der Waals surface area contributed by atoms with Crippen molar-refractivity contribution in [3.63, 3.8) is 0 Å². The molecular weight excluding hydrogens is 106 g/mol. The molecule has 0 radical (unpaired) electrons. The molecule has 0 bridgehead atoms. The lowest BCUT2D eigenvalue weighted by Gasteiger charge is -2.05. The van der Waals surface area contributed by atoms with Gasteiger partial charge in [0.2, 0.25) is 0 Å². The van der Waals surface area contributed by atoms with E-state index in [1.54, 1.807) is 0 Å². The summed E-state index contributed by atoms with van der Waals surface area (Å²) in [6.45, 7) is 0.497. The molecule has 0 saturated heterocycles. The minimum Gasteiger partial charge on any atom is -0.409 e. The first kappa shape index (κ1) is 7.23. The molecular formula is C4H11N3O. The van der Waals surface area contributed by atoms with Gasteiger partial charge in [-0.2, -0.15) is 0 Å². The van der Waals surface area contributed by atoms with Crippen LogP contribution in [0.3, 0.4) is 0 Å². The average molecular weight is 117 g/mol. The van der Waals surface area contributed by atoms with Crippen LogP contribution in [-0.2, 0) is 0 Å². The van der Waals surface area contributed by atoms with E-state index in [9.17, 15) is 0 Å². The van der Waals surface area contributed by atoms with Gasteiger partial charge in [0.15, 0.2) is 5.84 Å². The van der Waals surface area contributed by atoms with Gasteiger partial charge in [-0.05, 0) is 14.1 Å². The molecule has 0 unspecified atom stereocenters. The molecule has 0 heterocycles. The van der Waals surface area contributed by atoms with E-state index in [-0.39, 0.29) is 5.84 Å². The maximum absolute atomic E-state index is 8.02. The van der Waals surface area contributed by atoms with Gasteiger partial charge in [-0.1, -0.05) is 5.16 Å². The Morgan fingerprint density at radius 2 is 2.25 bits per heavy atom. The van der Waals surface area contributed by atoms with Gasteiger partial charge in [0.25, 0.3) is 0 Å². The smallest absolute Gasteiger partial charge is 0.153 e. The molecule has 4 heteroatoms. The summed E-state index contributed by atoms with van der Waals surface area (Å²) in [5.74, 6) is 0.231. The number of nitrogens with zero attached hydrogens (tertiary/aromatic N) is 2. The molecule has 0 atom stereocenters. The molecule has 0 spiro atoms. The molecule has 0 aliphatic carbocycles. The van der Waals surface area contributed by atoms with Crippen LogP contribution in [0.4, 0.5) is 0 Å². The maximum atomic E-state index is 8.02. The number of hydrogen-bond donors (Lipinski definition) is 2. The second-order valence-corrected chi connectivity index (χ2v) is 1.83. The Bertz CT molecular complexity index is 89.3. The summed E-state index contributed by atoms with van der Waals surface area (Å²) < 4.78 is 0. The summed E-state index contributed by atoms with van der Waals surface area (Å²) in [5, 5.41) is 10.8. The van der Waals surface area contributed by atoms with E-state index >= 15 is 0 Å². The summed E-state index contributed by atoms with van der Waals surface area (Å²) in [6, 6.07) is 0. The second-order valence-electron chi connectivity index (χ2n) is 1.83. The highest BCUT2D eigenvalue weighted by atomic mass is 16.4. The monoisotopic (exact) mass is 117 g/mol. The molecule has 0 amide bonds. The SMILES string of the molecule is CN(C)C/C(N)=N/O. The largest absolute Gasteiger partial charge is 0.409 e. The van der Waals surface area contributed by atoms with Crippen molar-refractivity contribution < 1.29 is 5.21 Å². The van der Waals surface area contributed by atoms with Crippen molar-refractivity contribution in [2.75, 3.05) is 20.6 Å². The molecule has 0 aromatic rings. The van der Waals surface area contributed by atoms with Crippen LogP contribution in [0.1, 0.15) is 0 Å². The Labute approximate surface area is 48.6 Å². The summed E-state index contributed by atoms with van der Waals surface area (Å²) >= 11 is 0. The predicted molar refractivity (Wildman–Crippen MR) is 32.0 cm³/mol. The first-order valence-electron chi connectivity index (χ1n) is 2.28. The molecule has 0 fully saturated rings. The Morgan fingerprint density at radius 1 is 1.75 bits per heavy atom. The van der Waals surface area contributed by atoms with Crippen molar-refractivity contribution in [2.45, 2.75) is 0 Å². The van der Waals surface area contributed by atoms with E-state index in [0.29, 0.717) is 6.54 Å². The number of rotatable bonds is 2. The third-order valence-electron chi connectivity index (χ3n) is 0.607. The Morgan fingerprint density at radius 3 is 2.38 bits per heavy atom. The maximum Gasteiger partial charge on any atom is 0.153 e. The van der Waals surface area contributed by atoms with Crippen molar-refractivity contribution >= 4 is 5.84 Å².